The van der Waals surface area contributed by atoms with Crippen molar-refractivity contribution in [3.63, 3.8) is 0 Å². The van der Waals surface area contributed by atoms with E-state index in [1.54, 1.807) is 0 Å². The summed E-state index contributed by atoms with van der Waals surface area (Å²) >= 11 is 0. The van der Waals surface area contributed by atoms with Crippen LogP contribution in [-0.2, 0) is 13.2 Å². The van der Waals surface area contributed by atoms with Gasteiger partial charge in [0.25, 0.3) is 0 Å². The molecule has 3 rings (SSSR count). The van der Waals surface area contributed by atoms with Crippen LogP contribution >= 0.6 is 0 Å². The van der Waals surface area contributed by atoms with Crippen LogP contribution in [0.1, 0.15) is 36.0 Å². The number of hydrogen-bond acceptors (Lipinski definition) is 4. The molecule has 0 aliphatic carbocycles. The number of aliphatic hydroxyl groups is 2. The van der Waals surface area contributed by atoms with Crippen LogP contribution in [0, 0.1) is 6.92 Å². The Balaban J connectivity index is 1.65. The second-order valence-corrected chi connectivity index (χ2v) is 7.34. The summed E-state index contributed by atoms with van der Waals surface area (Å²) in [4.78, 5) is 2.34. The highest BCUT2D eigenvalue weighted by atomic mass is 16.5. The monoisotopic (exact) mass is 355 g/mol. The number of hydrogen-bond donors (Lipinski definition) is 2. The van der Waals surface area contributed by atoms with Gasteiger partial charge in [0.2, 0.25) is 0 Å². The number of para-hydroxylation sites is 1. The van der Waals surface area contributed by atoms with Gasteiger partial charge in [-0.2, -0.15) is 0 Å². The Morgan fingerprint density at radius 2 is 1.73 bits per heavy atom. The smallest absolute Gasteiger partial charge is 0.124 e. The van der Waals surface area contributed by atoms with Crippen LogP contribution in [0.15, 0.2) is 48.5 Å². The zero-order valence-electron chi connectivity index (χ0n) is 15.5. The van der Waals surface area contributed by atoms with Gasteiger partial charge in [0.1, 0.15) is 12.4 Å². The van der Waals surface area contributed by atoms with E-state index < -0.39 is 5.60 Å². The van der Waals surface area contributed by atoms with Gasteiger partial charge in [-0.3, -0.25) is 4.90 Å². The van der Waals surface area contributed by atoms with Crippen LogP contribution in [0.25, 0.3) is 0 Å². The first-order valence-corrected chi connectivity index (χ1v) is 9.40. The minimum atomic E-state index is -0.921. The molecule has 2 N–H and O–H groups in total. The largest absolute Gasteiger partial charge is 0.489 e. The molecule has 1 atom stereocenters. The summed E-state index contributed by atoms with van der Waals surface area (Å²) in [5, 5.41) is 19.7. The molecule has 140 valence electrons. The molecule has 1 saturated heterocycles. The molecule has 1 aliphatic heterocycles. The fraction of sp³-hybridized carbons (Fsp3) is 0.455. The molecule has 0 spiro atoms. The van der Waals surface area contributed by atoms with E-state index in [1.807, 2.05) is 30.3 Å². The van der Waals surface area contributed by atoms with Crippen molar-refractivity contribution in [3.05, 3.63) is 65.2 Å². The molecule has 0 amide bonds. The van der Waals surface area contributed by atoms with Gasteiger partial charge in [-0.1, -0.05) is 42.5 Å². The van der Waals surface area contributed by atoms with Crippen LogP contribution in [0.5, 0.6) is 5.75 Å². The fourth-order valence-electron chi connectivity index (χ4n) is 3.49. The third-order valence-electron chi connectivity index (χ3n) is 5.32. The summed E-state index contributed by atoms with van der Waals surface area (Å²) < 4.78 is 6.12. The zero-order chi connectivity index (χ0) is 18.4. The SMILES string of the molecule is Cc1ccccc1COc1ccccc1CN1CCC[C@@](O)(CO)CC1. The van der Waals surface area contributed by atoms with E-state index in [-0.39, 0.29) is 6.61 Å². The molecule has 0 radical (unpaired) electrons. The Morgan fingerprint density at radius 3 is 2.50 bits per heavy atom. The van der Waals surface area contributed by atoms with Gasteiger partial charge >= 0.3 is 0 Å². The Labute approximate surface area is 156 Å². The van der Waals surface area contributed by atoms with Crippen LogP contribution in [0.2, 0.25) is 0 Å². The summed E-state index contributed by atoms with van der Waals surface area (Å²) in [6, 6.07) is 16.5. The summed E-state index contributed by atoms with van der Waals surface area (Å²) in [7, 11) is 0. The van der Waals surface area contributed by atoms with Crippen molar-refractivity contribution in [2.24, 2.45) is 0 Å². The third kappa shape index (κ3) is 4.85. The van der Waals surface area contributed by atoms with Gasteiger partial charge in [-0.05, 0) is 49.9 Å². The van der Waals surface area contributed by atoms with E-state index in [4.69, 9.17) is 4.74 Å². The van der Waals surface area contributed by atoms with Crippen molar-refractivity contribution >= 4 is 0 Å². The molecular weight excluding hydrogens is 326 g/mol. The minimum absolute atomic E-state index is 0.156. The molecule has 1 aliphatic rings. The van der Waals surface area contributed by atoms with Crippen molar-refractivity contribution in [2.75, 3.05) is 19.7 Å². The molecule has 1 heterocycles. The zero-order valence-corrected chi connectivity index (χ0v) is 15.5. The van der Waals surface area contributed by atoms with E-state index in [9.17, 15) is 10.2 Å². The quantitative estimate of drug-likeness (QED) is 0.835. The van der Waals surface area contributed by atoms with Crippen LogP contribution < -0.4 is 4.74 Å². The maximum absolute atomic E-state index is 10.3. The summed E-state index contributed by atoms with van der Waals surface area (Å²) in [6.45, 7) is 5.01. The van der Waals surface area contributed by atoms with E-state index >= 15 is 0 Å². The first kappa shape index (κ1) is 18.9. The highest BCUT2D eigenvalue weighted by molar-refractivity contribution is 5.34. The number of aliphatic hydroxyl groups excluding tert-OH is 1. The number of rotatable bonds is 6. The van der Waals surface area contributed by atoms with Crippen molar-refractivity contribution < 1.29 is 14.9 Å². The van der Waals surface area contributed by atoms with Crippen molar-refractivity contribution in [1.82, 2.24) is 4.90 Å². The van der Waals surface area contributed by atoms with Crippen LogP contribution in [0.3, 0.4) is 0 Å². The van der Waals surface area contributed by atoms with E-state index in [0.29, 0.717) is 19.4 Å². The lowest BCUT2D eigenvalue weighted by Gasteiger charge is -2.25. The topological polar surface area (TPSA) is 52.9 Å². The molecule has 0 aromatic heterocycles. The van der Waals surface area contributed by atoms with Gasteiger partial charge < -0.3 is 14.9 Å². The molecule has 1 fully saturated rings. The number of aryl methyl sites for hydroxylation is 1. The molecule has 4 heteroatoms. The van der Waals surface area contributed by atoms with Gasteiger partial charge in [0.05, 0.1) is 12.2 Å². The molecule has 0 unspecified atom stereocenters. The van der Waals surface area contributed by atoms with Gasteiger partial charge in [-0.25, -0.2) is 0 Å². The maximum Gasteiger partial charge on any atom is 0.124 e. The number of likely N-dealkylation sites (tertiary alicyclic amines) is 1. The summed E-state index contributed by atoms with van der Waals surface area (Å²) in [5.74, 6) is 0.914. The van der Waals surface area contributed by atoms with Crippen LogP contribution in [-0.4, -0.2) is 40.4 Å². The Bertz CT molecular complexity index is 718. The molecular formula is C22H29NO3. The van der Waals surface area contributed by atoms with E-state index in [0.717, 1.165) is 37.4 Å². The molecule has 26 heavy (non-hydrogen) atoms. The third-order valence-corrected chi connectivity index (χ3v) is 5.32. The molecule has 0 bridgehead atoms. The lowest BCUT2D eigenvalue weighted by molar-refractivity contribution is -0.0255. The number of ether oxygens (including phenoxy) is 1. The highest BCUT2D eigenvalue weighted by Gasteiger charge is 2.29. The standard InChI is InChI=1S/C22H29NO3/c1-18-7-2-3-9-20(18)16-26-21-10-5-4-8-19(21)15-23-13-6-11-22(25,17-24)12-14-23/h2-5,7-10,24-25H,6,11-17H2,1H3/t22-/m0/s1. The van der Waals surface area contributed by atoms with Crippen molar-refractivity contribution in [3.8, 4) is 5.75 Å². The van der Waals surface area contributed by atoms with Gasteiger partial charge in [0.15, 0.2) is 0 Å². The summed E-state index contributed by atoms with van der Waals surface area (Å²) in [5.41, 5.74) is 2.68. The molecule has 2 aromatic rings. The normalized spacial score (nSPS) is 21.3. The molecule has 0 saturated carbocycles. The first-order valence-electron chi connectivity index (χ1n) is 9.40. The predicted octanol–water partition coefficient (Wildman–Crippen LogP) is 3.28. The second-order valence-electron chi connectivity index (χ2n) is 7.34. The predicted molar refractivity (Wildman–Crippen MR) is 103 cm³/mol. The lowest BCUT2D eigenvalue weighted by atomic mass is 9.96. The van der Waals surface area contributed by atoms with Crippen molar-refractivity contribution in [1.29, 1.82) is 0 Å². The molecule has 4 nitrogen and oxygen atoms in total. The van der Waals surface area contributed by atoms with E-state index in [1.165, 1.54) is 11.1 Å². The second kappa shape index (κ2) is 8.67. The summed E-state index contributed by atoms with van der Waals surface area (Å²) in [6.07, 6.45) is 2.16. The average Bonchev–Trinajstić information content (AvgIpc) is 2.84. The van der Waals surface area contributed by atoms with Gasteiger partial charge in [0, 0.05) is 18.7 Å². The number of benzene rings is 2. The maximum atomic E-state index is 10.3. The highest BCUT2D eigenvalue weighted by Crippen LogP contribution is 2.26. The first-order chi connectivity index (χ1) is 12.6. The Hall–Kier alpha value is -1.88. The fourth-order valence-corrected chi connectivity index (χ4v) is 3.49. The Kier molecular flexibility index (Phi) is 6.30. The lowest BCUT2D eigenvalue weighted by Crippen LogP contribution is -2.34. The minimum Gasteiger partial charge on any atom is -0.489 e. The number of nitrogens with zero attached hydrogens (tertiary/aromatic N) is 1. The van der Waals surface area contributed by atoms with E-state index in [2.05, 4.69) is 30.0 Å². The average molecular weight is 355 g/mol. The Morgan fingerprint density at radius 1 is 1.00 bits per heavy atom. The molecule has 2 aromatic carbocycles. The van der Waals surface area contributed by atoms with Crippen LogP contribution in [0.4, 0.5) is 0 Å². The van der Waals surface area contributed by atoms with Crippen molar-refractivity contribution in [2.45, 2.75) is 44.9 Å². The van der Waals surface area contributed by atoms with Gasteiger partial charge in [-0.15, -0.1) is 0 Å².